The molecular formula is C16H18ClN3O2S. The number of nitrogens with one attached hydrogen (secondary N) is 1. The fourth-order valence-corrected chi connectivity index (χ4v) is 2.55. The van der Waals surface area contributed by atoms with Gasteiger partial charge in [-0.15, -0.1) is 0 Å². The summed E-state index contributed by atoms with van der Waals surface area (Å²) in [6, 6.07) is 5.97. The number of ether oxygens (including phenoxy) is 1. The summed E-state index contributed by atoms with van der Waals surface area (Å²) in [6.07, 6.45) is 3.27. The van der Waals surface area contributed by atoms with Crippen LogP contribution in [-0.2, 0) is 0 Å². The van der Waals surface area contributed by atoms with E-state index >= 15 is 0 Å². The third kappa shape index (κ3) is 4.59. The quantitative estimate of drug-likeness (QED) is 0.491. The van der Waals surface area contributed by atoms with Gasteiger partial charge in [-0.2, -0.15) is 0 Å². The molecule has 1 amide bonds. The fraction of sp³-hybridized carbons (Fsp3) is 0.312. The molecule has 0 radical (unpaired) electrons. The Balaban J connectivity index is 1.90. The smallest absolute Gasteiger partial charge is 0.271 e. The molecule has 0 saturated heterocycles. The van der Waals surface area contributed by atoms with E-state index in [9.17, 15) is 4.79 Å². The number of aryl methyl sites for hydroxylation is 2. The van der Waals surface area contributed by atoms with E-state index in [4.69, 9.17) is 16.3 Å². The van der Waals surface area contributed by atoms with E-state index in [1.807, 2.05) is 38.3 Å². The lowest BCUT2D eigenvalue weighted by molar-refractivity contribution is 0.0941. The van der Waals surface area contributed by atoms with Crippen LogP contribution in [0, 0.1) is 13.8 Å². The van der Waals surface area contributed by atoms with Crippen molar-refractivity contribution in [3.63, 3.8) is 0 Å². The first-order valence-electron chi connectivity index (χ1n) is 7.06. The minimum absolute atomic E-state index is 0.179. The maximum Gasteiger partial charge on any atom is 0.271 e. The van der Waals surface area contributed by atoms with Gasteiger partial charge in [0.25, 0.3) is 5.91 Å². The van der Waals surface area contributed by atoms with Gasteiger partial charge >= 0.3 is 0 Å². The number of rotatable bonds is 6. The molecule has 0 atom stereocenters. The van der Waals surface area contributed by atoms with Crippen LogP contribution >= 0.6 is 23.4 Å². The van der Waals surface area contributed by atoms with Crippen molar-refractivity contribution in [3.8, 4) is 5.75 Å². The molecule has 1 aromatic carbocycles. The number of aromatic nitrogens is 2. The predicted octanol–water partition coefficient (Wildman–Crippen LogP) is 3.28. The van der Waals surface area contributed by atoms with Crippen LogP contribution in [0.25, 0.3) is 0 Å². The monoisotopic (exact) mass is 351 g/mol. The molecule has 7 heteroatoms. The van der Waals surface area contributed by atoms with E-state index in [0.717, 1.165) is 16.9 Å². The third-order valence-corrected chi connectivity index (χ3v) is 4.00. The maximum absolute atomic E-state index is 12.1. The van der Waals surface area contributed by atoms with Gasteiger partial charge in [-0.3, -0.25) is 4.79 Å². The molecule has 0 spiro atoms. The number of thioether (sulfide) groups is 1. The number of nitrogens with zero attached hydrogens (tertiary/aromatic N) is 2. The van der Waals surface area contributed by atoms with Crippen LogP contribution in [0.4, 0.5) is 0 Å². The Morgan fingerprint density at radius 3 is 2.70 bits per heavy atom. The number of carbonyl (C=O) groups is 1. The molecule has 0 aliphatic carbocycles. The van der Waals surface area contributed by atoms with Crippen LogP contribution in [0.1, 0.15) is 21.6 Å². The molecular weight excluding hydrogens is 334 g/mol. The molecule has 5 nitrogen and oxygen atoms in total. The molecule has 122 valence electrons. The average molecular weight is 352 g/mol. The molecule has 0 fully saturated rings. The number of carbonyl (C=O) groups excluding carboxylic acids is 1. The van der Waals surface area contributed by atoms with Crippen molar-refractivity contribution < 1.29 is 9.53 Å². The Hall–Kier alpha value is -1.79. The molecule has 0 bridgehead atoms. The van der Waals surface area contributed by atoms with Gasteiger partial charge in [0.15, 0.2) is 10.9 Å². The molecule has 1 aromatic heterocycles. The molecule has 0 aliphatic rings. The van der Waals surface area contributed by atoms with Crippen molar-refractivity contribution in [3.05, 3.63) is 46.2 Å². The zero-order valence-electron chi connectivity index (χ0n) is 13.2. The van der Waals surface area contributed by atoms with Gasteiger partial charge in [0.1, 0.15) is 12.4 Å². The van der Waals surface area contributed by atoms with Gasteiger partial charge in [0.05, 0.1) is 17.8 Å². The van der Waals surface area contributed by atoms with Gasteiger partial charge in [0.2, 0.25) is 0 Å². The number of halogens is 1. The second-order valence-electron chi connectivity index (χ2n) is 4.88. The molecule has 23 heavy (non-hydrogen) atoms. The highest BCUT2D eigenvalue weighted by Crippen LogP contribution is 2.22. The molecule has 0 aliphatic heterocycles. The Morgan fingerprint density at radius 1 is 1.35 bits per heavy atom. The highest BCUT2D eigenvalue weighted by molar-refractivity contribution is 7.98. The molecule has 2 rings (SSSR count). The van der Waals surface area contributed by atoms with Gasteiger partial charge < -0.3 is 10.1 Å². The van der Waals surface area contributed by atoms with Crippen LogP contribution < -0.4 is 10.1 Å². The minimum Gasteiger partial charge on any atom is -0.491 e. The highest BCUT2D eigenvalue weighted by atomic mass is 35.5. The number of hydrogen-bond acceptors (Lipinski definition) is 5. The van der Waals surface area contributed by atoms with Crippen molar-refractivity contribution >= 4 is 29.3 Å². The molecule has 1 N–H and O–H groups in total. The number of hydrogen-bond donors (Lipinski definition) is 1. The maximum atomic E-state index is 12.1. The van der Waals surface area contributed by atoms with Crippen molar-refractivity contribution in [1.82, 2.24) is 15.3 Å². The van der Waals surface area contributed by atoms with Crippen LogP contribution in [0.2, 0.25) is 5.02 Å². The largest absolute Gasteiger partial charge is 0.491 e. The van der Waals surface area contributed by atoms with Gasteiger partial charge in [-0.1, -0.05) is 41.6 Å². The summed E-state index contributed by atoms with van der Waals surface area (Å²) < 4.78 is 5.74. The van der Waals surface area contributed by atoms with Crippen molar-refractivity contribution in [1.29, 1.82) is 0 Å². The first-order valence-corrected chi connectivity index (χ1v) is 8.67. The topological polar surface area (TPSA) is 64.1 Å². The SMILES string of the molecule is CSc1ncc(Cl)c(C(=O)NCCOc2c(C)cccc2C)n1. The lowest BCUT2D eigenvalue weighted by atomic mass is 10.1. The van der Waals surface area contributed by atoms with Gasteiger partial charge in [0, 0.05) is 0 Å². The van der Waals surface area contributed by atoms with Crippen LogP contribution in [0.3, 0.4) is 0 Å². The first-order chi connectivity index (χ1) is 11.0. The summed E-state index contributed by atoms with van der Waals surface area (Å²) in [7, 11) is 0. The van der Waals surface area contributed by atoms with Crippen molar-refractivity contribution in [2.75, 3.05) is 19.4 Å². The molecule has 0 unspecified atom stereocenters. The number of para-hydroxylation sites is 1. The molecule has 1 heterocycles. The van der Waals surface area contributed by atoms with Crippen LogP contribution in [-0.4, -0.2) is 35.3 Å². The normalized spacial score (nSPS) is 10.4. The Bertz CT molecular complexity index is 689. The van der Waals surface area contributed by atoms with Crippen LogP contribution in [0.5, 0.6) is 5.75 Å². The van der Waals surface area contributed by atoms with E-state index in [0.29, 0.717) is 18.3 Å². The fourth-order valence-electron chi connectivity index (χ4n) is 2.04. The minimum atomic E-state index is -0.335. The predicted molar refractivity (Wildman–Crippen MR) is 92.6 cm³/mol. The van der Waals surface area contributed by atoms with Crippen LogP contribution in [0.15, 0.2) is 29.6 Å². The van der Waals surface area contributed by atoms with E-state index < -0.39 is 0 Å². The van der Waals surface area contributed by atoms with Gasteiger partial charge in [-0.05, 0) is 31.2 Å². The first kappa shape index (κ1) is 17.6. The van der Waals surface area contributed by atoms with E-state index in [-0.39, 0.29) is 16.6 Å². The average Bonchev–Trinajstić information content (AvgIpc) is 2.54. The number of benzene rings is 1. The van der Waals surface area contributed by atoms with E-state index in [1.165, 1.54) is 18.0 Å². The molecule has 2 aromatic rings. The Morgan fingerprint density at radius 2 is 2.04 bits per heavy atom. The summed E-state index contributed by atoms with van der Waals surface area (Å²) in [5.74, 6) is 0.518. The van der Waals surface area contributed by atoms with Crippen molar-refractivity contribution in [2.45, 2.75) is 19.0 Å². The second-order valence-corrected chi connectivity index (χ2v) is 6.06. The highest BCUT2D eigenvalue weighted by Gasteiger charge is 2.13. The van der Waals surface area contributed by atoms with Crippen molar-refractivity contribution in [2.24, 2.45) is 0 Å². The second kappa shape index (κ2) is 8.17. The third-order valence-electron chi connectivity index (χ3n) is 3.16. The summed E-state index contributed by atoms with van der Waals surface area (Å²) in [4.78, 5) is 20.3. The molecule has 0 saturated carbocycles. The lowest BCUT2D eigenvalue weighted by Gasteiger charge is -2.12. The van der Waals surface area contributed by atoms with Gasteiger partial charge in [-0.25, -0.2) is 9.97 Å². The Labute approximate surface area is 144 Å². The number of amides is 1. The summed E-state index contributed by atoms with van der Waals surface area (Å²) in [5.41, 5.74) is 2.32. The van der Waals surface area contributed by atoms with E-state index in [1.54, 1.807) is 0 Å². The summed E-state index contributed by atoms with van der Waals surface area (Å²) in [5, 5.41) is 3.49. The zero-order chi connectivity index (χ0) is 16.8. The summed E-state index contributed by atoms with van der Waals surface area (Å²) >= 11 is 7.32. The lowest BCUT2D eigenvalue weighted by Crippen LogP contribution is -2.29. The Kier molecular flexibility index (Phi) is 6.24. The standard InChI is InChI=1S/C16H18ClN3O2S/c1-10-5-4-6-11(2)14(10)22-8-7-18-15(21)13-12(17)9-19-16(20-13)23-3/h4-6,9H,7-8H2,1-3H3,(H,18,21). The summed E-state index contributed by atoms with van der Waals surface area (Å²) in [6.45, 7) is 4.72. The zero-order valence-corrected chi connectivity index (χ0v) is 14.8. The van der Waals surface area contributed by atoms with E-state index in [2.05, 4.69) is 15.3 Å².